The predicted octanol–water partition coefficient (Wildman–Crippen LogP) is 1.91. The molecular weight excluding hydrogens is 288 g/mol. The summed E-state index contributed by atoms with van der Waals surface area (Å²) in [6.07, 6.45) is 3.37. The molecule has 0 fully saturated rings. The number of pyridine rings is 1. The summed E-state index contributed by atoms with van der Waals surface area (Å²) in [6, 6.07) is 2.90. The molecule has 0 aliphatic rings. The number of hydrogen-bond donors (Lipinski definition) is 1. The maximum Gasteiger partial charge on any atom is 0.244 e. The Labute approximate surface area is 119 Å². The Morgan fingerprint density at radius 3 is 2.53 bits per heavy atom. The highest BCUT2D eigenvalue weighted by atomic mass is 35.5. The first kappa shape index (κ1) is 16.4. The predicted molar refractivity (Wildman–Crippen MR) is 74.6 cm³/mol. The lowest BCUT2D eigenvalue weighted by molar-refractivity contribution is 0.268. The van der Waals surface area contributed by atoms with E-state index in [0.29, 0.717) is 19.5 Å². The molecule has 0 aromatic carbocycles. The van der Waals surface area contributed by atoms with Gasteiger partial charge in [0.2, 0.25) is 10.0 Å². The van der Waals surface area contributed by atoms with Crippen LogP contribution in [0.2, 0.25) is 5.15 Å². The lowest BCUT2D eigenvalue weighted by atomic mass is 10.3. The molecule has 19 heavy (non-hydrogen) atoms. The van der Waals surface area contributed by atoms with E-state index in [9.17, 15) is 8.42 Å². The van der Waals surface area contributed by atoms with Gasteiger partial charge >= 0.3 is 0 Å². The van der Waals surface area contributed by atoms with Crippen molar-refractivity contribution in [2.45, 2.75) is 31.1 Å². The van der Waals surface area contributed by atoms with Gasteiger partial charge in [0.05, 0.1) is 0 Å². The van der Waals surface area contributed by atoms with E-state index in [-0.39, 0.29) is 16.7 Å². The molecule has 1 rings (SSSR count). The van der Waals surface area contributed by atoms with Crippen molar-refractivity contribution in [3.05, 3.63) is 23.5 Å². The Kier molecular flexibility index (Phi) is 6.71. The number of hydrogen-bond acceptors (Lipinski definition) is 4. The molecule has 0 spiro atoms. The summed E-state index contributed by atoms with van der Waals surface area (Å²) in [4.78, 5) is 3.93. The Morgan fingerprint density at radius 2 is 2.00 bits per heavy atom. The van der Waals surface area contributed by atoms with Crippen LogP contribution in [0.5, 0.6) is 0 Å². The van der Waals surface area contributed by atoms with Crippen LogP contribution >= 0.6 is 11.6 Å². The SMILES string of the molecule is CCCCN(CCCO)S(=O)(=O)c1ccc(Cl)nc1. The minimum atomic E-state index is -3.56. The molecule has 108 valence electrons. The molecule has 0 radical (unpaired) electrons. The van der Waals surface area contributed by atoms with Gasteiger partial charge in [-0.3, -0.25) is 0 Å². The normalized spacial score (nSPS) is 12.0. The second kappa shape index (κ2) is 7.79. The van der Waals surface area contributed by atoms with Crippen molar-refractivity contribution in [3.8, 4) is 0 Å². The molecule has 0 bridgehead atoms. The zero-order valence-corrected chi connectivity index (χ0v) is 12.5. The molecule has 0 unspecified atom stereocenters. The number of halogens is 1. The van der Waals surface area contributed by atoms with Gasteiger partial charge in [0, 0.05) is 25.9 Å². The molecule has 1 aromatic heterocycles. The van der Waals surface area contributed by atoms with E-state index in [1.165, 1.54) is 22.6 Å². The molecule has 0 atom stereocenters. The summed E-state index contributed by atoms with van der Waals surface area (Å²) < 4.78 is 26.2. The van der Waals surface area contributed by atoms with Crippen LogP contribution in [0.4, 0.5) is 0 Å². The second-order valence-electron chi connectivity index (χ2n) is 4.15. The molecule has 0 aliphatic heterocycles. The van der Waals surface area contributed by atoms with Gasteiger partial charge < -0.3 is 5.11 Å². The van der Waals surface area contributed by atoms with Crippen molar-refractivity contribution < 1.29 is 13.5 Å². The van der Waals surface area contributed by atoms with Gasteiger partial charge in [0.1, 0.15) is 10.0 Å². The Hall–Kier alpha value is -0.690. The number of aliphatic hydroxyl groups is 1. The van der Waals surface area contributed by atoms with Crippen molar-refractivity contribution in [1.29, 1.82) is 0 Å². The van der Waals surface area contributed by atoms with Crippen molar-refractivity contribution in [2.75, 3.05) is 19.7 Å². The third-order valence-electron chi connectivity index (χ3n) is 2.66. The van der Waals surface area contributed by atoms with E-state index in [0.717, 1.165) is 12.8 Å². The van der Waals surface area contributed by atoms with Gasteiger partial charge in [-0.05, 0) is 25.0 Å². The molecule has 1 aromatic rings. The summed E-state index contributed by atoms with van der Waals surface area (Å²) in [5.74, 6) is 0. The maximum absolute atomic E-state index is 12.4. The van der Waals surface area contributed by atoms with Crippen molar-refractivity contribution in [1.82, 2.24) is 9.29 Å². The molecule has 0 saturated heterocycles. The summed E-state index contributed by atoms with van der Waals surface area (Å²) in [6.45, 7) is 2.72. The molecule has 0 saturated carbocycles. The Morgan fingerprint density at radius 1 is 1.32 bits per heavy atom. The first-order chi connectivity index (χ1) is 9.02. The van der Waals surface area contributed by atoms with Gasteiger partial charge in [-0.2, -0.15) is 4.31 Å². The highest BCUT2D eigenvalue weighted by Crippen LogP contribution is 2.17. The second-order valence-corrected chi connectivity index (χ2v) is 6.48. The van der Waals surface area contributed by atoms with Crippen LogP contribution in [0.3, 0.4) is 0 Å². The van der Waals surface area contributed by atoms with E-state index >= 15 is 0 Å². The Bertz CT molecular complexity index is 468. The van der Waals surface area contributed by atoms with Crippen LogP contribution in [0.15, 0.2) is 23.2 Å². The standard InChI is InChI=1S/C12H19ClN2O3S/c1-2-3-7-15(8-4-9-16)19(17,18)11-5-6-12(13)14-10-11/h5-6,10,16H,2-4,7-9H2,1H3. The number of rotatable bonds is 8. The third kappa shape index (κ3) is 4.72. The van der Waals surface area contributed by atoms with E-state index in [1.54, 1.807) is 0 Å². The average Bonchev–Trinajstić information content (AvgIpc) is 2.39. The van der Waals surface area contributed by atoms with Crippen LogP contribution in [0.1, 0.15) is 26.2 Å². The number of unbranched alkanes of at least 4 members (excludes halogenated alkanes) is 1. The first-order valence-electron chi connectivity index (χ1n) is 6.25. The van der Waals surface area contributed by atoms with Crippen LogP contribution in [0, 0.1) is 0 Å². The Balaban J connectivity index is 2.93. The number of sulfonamides is 1. The molecular formula is C12H19ClN2O3S. The molecule has 5 nitrogen and oxygen atoms in total. The van der Waals surface area contributed by atoms with E-state index in [4.69, 9.17) is 16.7 Å². The molecule has 1 N–H and O–H groups in total. The van der Waals surface area contributed by atoms with Crippen molar-refractivity contribution in [2.24, 2.45) is 0 Å². The van der Waals surface area contributed by atoms with Gasteiger partial charge in [0.15, 0.2) is 0 Å². The monoisotopic (exact) mass is 306 g/mol. The highest BCUT2D eigenvalue weighted by Gasteiger charge is 2.23. The van der Waals surface area contributed by atoms with Gasteiger partial charge in [0.25, 0.3) is 0 Å². The van der Waals surface area contributed by atoms with E-state index < -0.39 is 10.0 Å². The van der Waals surface area contributed by atoms with Gasteiger partial charge in [-0.25, -0.2) is 13.4 Å². The zero-order chi connectivity index (χ0) is 14.3. The maximum atomic E-state index is 12.4. The fraction of sp³-hybridized carbons (Fsp3) is 0.583. The number of aliphatic hydroxyl groups excluding tert-OH is 1. The molecule has 7 heteroatoms. The third-order valence-corrected chi connectivity index (χ3v) is 4.77. The minimum absolute atomic E-state index is 0.0307. The van der Waals surface area contributed by atoms with Crippen LogP contribution in [-0.4, -0.2) is 42.5 Å². The number of aromatic nitrogens is 1. The van der Waals surface area contributed by atoms with Crippen LogP contribution in [0.25, 0.3) is 0 Å². The van der Waals surface area contributed by atoms with Crippen molar-refractivity contribution in [3.63, 3.8) is 0 Å². The highest BCUT2D eigenvalue weighted by molar-refractivity contribution is 7.89. The lowest BCUT2D eigenvalue weighted by Crippen LogP contribution is -2.33. The minimum Gasteiger partial charge on any atom is -0.396 e. The summed E-state index contributed by atoms with van der Waals surface area (Å²) in [5, 5.41) is 9.12. The summed E-state index contributed by atoms with van der Waals surface area (Å²) in [5.41, 5.74) is 0. The van der Waals surface area contributed by atoms with E-state index in [2.05, 4.69) is 4.98 Å². The van der Waals surface area contributed by atoms with E-state index in [1.807, 2.05) is 6.92 Å². The summed E-state index contributed by atoms with van der Waals surface area (Å²) in [7, 11) is -3.56. The van der Waals surface area contributed by atoms with Crippen molar-refractivity contribution >= 4 is 21.6 Å². The molecule has 0 amide bonds. The molecule has 1 heterocycles. The van der Waals surface area contributed by atoms with Crippen LogP contribution < -0.4 is 0 Å². The number of nitrogens with zero attached hydrogens (tertiary/aromatic N) is 2. The first-order valence-corrected chi connectivity index (χ1v) is 8.06. The summed E-state index contributed by atoms with van der Waals surface area (Å²) >= 11 is 5.66. The largest absolute Gasteiger partial charge is 0.396 e. The van der Waals surface area contributed by atoms with Gasteiger partial charge in [-0.15, -0.1) is 0 Å². The molecule has 0 aliphatic carbocycles. The quantitative estimate of drug-likeness (QED) is 0.745. The zero-order valence-electron chi connectivity index (χ0n) is 10.9. The average molecular weight is 307 g/mol. The smallest absolute Gasteiger partial charge is 0.244 e. The lowest BCUT2D eigenvalue weighted by Gasteiger charge is -2.21. The van der Waals surface area contributed by atoms with Gasteiger partial charge in [-0.1, -0.05) is 24.9 Å². The fourth-order valence-corrected chi connectivity index (χ4v) is 3.17. The topological polar surface area (TPSA) is 70.5 Å². The fourth-order valence-electron chi connectivity index (χ4n) is 1.60. The van der Waals surface area contributed by atoms with Crippen LogP contribution in [-0.2, 0) is 10.0 Å².